The van der Waals surface area contributed by atoms with E-state index in [4.69, 9.17) is 4.99 Å². The molecule has 0 fully saturated rings. The summed E-state index contributed by atoms with van der Waals surface area (Å²) >= 11 is 0. The van der Waals surface area contributed by atoms with Gasteiger partial charge in [-0.2, -0.15) is 5.10 Å². The summed E-state index contributed by atoms with van der Waals surface area (Å²) in [5, 5.41) is 13.8. The van der Waals surface area contributed by atoms with E-state index in [0.29, 0.717) is 6.54 Å². The summed E-state index contributed by atoms with van der Waals surface area (Å²) in [5.74, 6) is 1.58. The van der Waals surface area contributed by atoms with Crippen molar-refractivity contribution in [1.82, 2.24) is 30.7 Å². The summed E-state index contributed by atoms with van der Waals surface area (Å²) in [6, 6.07) is 19.2. The first-order chi connectivity index (χ1) is 15.2. The van der Waals surface area contributed by atoms with E-state index in [1.54, 1.807) is 0 Å². The number of nitrogens with zero attached hydrogens (tertiary/aromatic N) is 4. The zero-order chi connectivity index (χ0) is 21.9. The molecule has 7 heteroatoms. The number of aromatic amines is 1. The highest BCUT2D eigenvalue weighted by molar-refractivity contribution is 5.79. The molecule has 3 aromatic rings. The van der Waals surface area contributed by atoms with Crippen molar-refractivity contribution in [2.75, 3.05) is 26.2 Å². The monoisotopic (exact) mass is 419 g/mol. The van der Waals surface area contributed by atoms with E-state index in [9.17, 15) is 0 Å². The van der Waals surface area contributed by atoms with E-state index in [2.05, 4.69) is 94.0 Å². The second-order valence-electron chi connectivity index (χ2n) is 7.26. The van der Waals surface area contributed by atoms with Crippen molar-refractivity contribution < 1.29 is 0 Å². The van der Waals surface area contributed by atoms with E-state index < -0.39 is 0 Å². The number of guanidine groups is 1. The van der Waals surface area contributed by atoms with Gasteiger partial charge in [0.15, 0.2) is 11.8 Å². The Hall–Kier alpha value is -3.19. The zero-order valence-electron chi connectivity index (χ0n) is 18.7. The fourth-order valence-electron chi connectivity index (χ4n) is 3.66. The summed E-state index contributed by atoms with van der Waals surface area (Å²) in [4.78, 5) is 11.5. The number of hydrogen-bond acceptors (Lipinski definition) is 4. The lowest BCUT2D eigenvalue weighted by Gasteiger charge is -2.30. The quantitative estimate of drug-likeness (QED) is 0.345. The maximum Gasteiger partial charge on any atom is 0.191 e. The Bertz CT molecular complexity index is 918. The van der Waals surface area contributed by atoms with Crippen LogP contribution in [0.2, 0.25) is 0 Å². The molecule has 2 aromatic carbocycles. The molecule has 3 N–H and O–H groups in total. The molecule has 1 aromatic heterocycles. The van der Waals surface area contributed by atoms with Crippen LogP contribution in [0, 0.1) is 0 Å². The number of aromatic nitrogens is 3. The van der Waals surface area contributed by atoms with Crippen LogP contribution in [0.4, 0.5) is 0 Å². The third-order valence-corrected chi connectivity index (χ3v) is 5.28. The largest absolute Gasteiger partial charge is 0.357 e. The highest BCUT2D eigenvalue weighted by Crippen LogP contribution is 2.19. The molecule has 1 heterocycles. The lowest BCUT2D eigenvalue weighted by atomic mass is 10.1. The molecular formula is C24H33N7. The Morgan fingerprint density at radius 2 is 1.84 bits per heavy atom. The normalized spacial score (nSPS) is 12.7. The Kier molecular flexibility index (Phi) is 8.60. The van der Waals surface area contributed by atoms with Gasteiger partial charge in [0.25, 0.3) is 0 Å². The van der Waals surface area contributed by atoms with Gasteiger partial charge in [-0.1, -0.05) is 62.4 Å². The minimum Gasteiger partial charge on any atom is -0.357 e. The van der Waals surface area contributed by atoms with E-state index >= 15 is 0 Å². The van der Waals surface area contributed by atoms with Crippen molar-refractivity contribution in [3.8, 4) is 11.4 Å². The number of H-pyrrole nitrogens is 1. The number of nitrogens with one attached hydrogen (secondary N) is 3. The average Bonchev–Trinajstić information content (AvgIpc) is 3.36. The molecule has 31 heavy (non-hydrogen) atoms. The first kappa shape index (κ1) is 22.5. The average molecular weight is 420 g/mol. The van der Waals surface area contributed by atoms with Crippen molar-refractivity contribution in [2.45, 2.75) is 33.4 Å². The van der Waals surface area contributed by atoms with Gasteiger partial charge in [0, 0.05) is 18.7 Å². The van der Waals surface area contributed by atoms with Gasteiger partial charge in [-0.05, 0) is 37.2 Å². The lowest BCUT2D eigenvalue weighted by molar-refractivity contribution is 0.219. The highest BCUT2D eigenvalue weighted by atomic mass is 15.2. The fraction of sp³-hybridized carbons (Fsp3) is 0.375. The number of rotatable bonds is 10. The predicted molar refractivity (Wildman–Crippen MR) is 127 cm³/mol. The summed E-state index contributed by atoms with van der Waals surface area (Å²) in [7, 11) is 0. The SMILES string of the molecule is CCNC(=NCc1cccc(-c2ncn[nH]2)c1)NCC(c1ccccc1)N(CC)CC. The third kappa shape index (κ3) is 6.39. The number of hydrogen-bond donors (Lipinski definition) is 3. The highest BCUT2D eigenvalue weighted by Gasteiger charge is 2.18. The number of likely N-dealkylation sites (N-methyl/N-ethyl adjacent to an activating group) is 1. The van der Waals surface area contributed by atoms with Gasteiger partial charge >= 0.3 is 0 Å². The lowest BCUT2D eigenvalue weighted by Crippen LogP contribution is -2.43. The van der Waals surface area contributed by atoms with Gasteiger partial charge in [0.1, 0.15) is 6.33 Å². The molecule has 0 spiro atoms. The molecule has 0 amide bonds. The second kappa shape index (κ2) is 11.9. The first-order valence-electron chi connectivity index (χ1n) is 11.0. The van der Waals surface area contributed by atoms with Crippen molar-refractivity contribution in [3.63, 3.8) is 0 Å². The summed E-state index contributed by atoms with van der Waals surface area (Å²) in [6.07, 6.45) is 1.52. The first-order valence-corrected chi connectivity index (χ1v) is 11.0. The molecule has 0 radical (unpaired) electrons. The van der Waals surface area contributed by atoms with Crippen LogP contribution in [-0.2, 0) is 6.54 Å². The molecule has 164 valence electrons. The Morgan fingerprint density at radius 1 is 1.03 bits per heavy atom. The van der Waals surface area contributed by atoms with E-state index in [0.717, 1.165) is 49.1 Å². The molecule has 3 rings (SSSR count). The molecule has 0 aliphatic carbocycles. The van der Waals surface area contributed by atoms with E-state index in [-0.39, 0.29) is 6.04 Å². The van der Waals surface area contributed by atoms with Crippen molar-refractivity contribution in [2.24, 2.45) is 4.99 Å². The Morgan fingerprint density at radius 3 is 2.52 bits per heavy atom. The van der Waals surface area contributed by atoms with Crippen LogP contribution in [0.25, 0.3) is 11.4 Å². The van der Waals surface area contributed by atoms with Gasteiger partial charge in [0.2, 0.25) is 0 Å². The van der Waals surface area contributed by atoms with Crippen LogP contribution in [0.3, 0.4) is 0 Å². The van der Waals surface area contributed by atoms with Gasteiger partial charge in [-0.15, -0.1) is 0 Å². The molecule has 0 bridgehead atoms. The van der Waals surface area contributed by atoms with Crippen LogP contribution in [0.5, 0.6) is 0 Å². The minimum atomic E-state index is 0.287. The molecular weight excluding hydrogens is 386 g/mol. The Balaban J connectivity index is 1.71. The van der Waals surface area contributed by atoms with Gasteiger partial charge in [-0.3, -0.25) is 10.00 Å². The number of aliphatic imine (C=N–C) groups is 1. The molecule has 0 aliphatic rings. The molecule has 1 atom stereocenters. The van der Waals surface area contributed by atoms with Crippen molar-refractivity contribution in [3.05, 3.63) is 72.1 Å². The molecule has 1 unspecified atom stereocenters. The van der Waals surface area contributed by atoms with Gasteiger partial charge in [-0.25, -0.2) is 9.98 Å². The molecule has 0 saturated heterocycles. The summed E-state index contributed by atoms with van der Waals surface area (Å²) in [5.41, 5.74) is 3.44. The van der Waals surface area contributed by atoms with E-state index in [1.165, 1.54) is 11.9 Å². The van der Waals surface area contributed by atoms with Crippen molar-refractivity contribution >= 4 is 5.96 Å². The topological polar surface area (TPSA) is 81.2 Å². The molecule has 7 nitrogen and oxygen atoms in total. The molecule has 0 aliphatic heterocycles. The fourth-order valence-corrected chi connectivity index (χ4v) is 3.66. The minimum absolute atomic E-state index is 0.287. The summed E-state index contributed by atoms with van der Waals surface area (Å²) in [6.45, 7) is 10.7. The maximum atomic E-state index is 4.81. The Labute approximate surface area is 185 Å². The molecule has 0 saturated carbocycles. The van der Waals surface area contributed by atoms with Crippen LogP contribution in [0.15, 0.2) is 65.9 Å². The predicted octanol–water partition coefficient (Wildman–Crippen LogP) is 3.61. The third-order valence-electron chi connectivity index (χ3n) is 5.28. The maximum absolute atomic E-state index is 4.81. The smallest absolute Gasteiger partial charge is 0.191 e. The van der Waals surface area contributed by atoms with Crippen LogP contribution < -0.4 is 10.6 Å². The second-order valence-corrected chi connectivity index (χ2v) is 7.26. The van der Waals surface area contributed by atoms with Gasteiger partial charge < -0.3 is 10.6 Å². The summed E-state index contributed by atoms with van der Waals surface area (Å²) < 4.78 is 0. The van der Waals surface area contributed by atoms with Crippen LogP contribution in [-0.4, -0.2) is 52.2 Å². The zero-order valence-corrected chi connectivity index (χ0v) is 18.7. The number of benzene rings is 2. The van der Waals surface area contributed by atoms with Crippen LogP contribution >= 0.6 is 0 Å². The van der Waals surface area contributed by atoms with E-state index in [1.807, 2.05) is 12.1 Å². The van der Waals surface area contributed by atoms with Gasteiger partial charge in [0.05, 0.1) is 12.6 Å². The standard InChI is InChI=1S/C24H33N7/c1-4-25-24(26-16-19-11-10-14-21(15-19)23-28-18-29-30-23)27-17-22(31(5-2)6-3)20-12-8-7-9-13-20/h7-15,18,22H,4-6,16-17H2,1-3H3,(H2,25,26,27)(H,28,29,30). The van der Waals surface area contributed by atoms with Crippen molar-refractivity contribution in [1.29, 1.82) is 0 Å². The van der Waals surface area contributed by atoms with Crippen LogP contribution in [0.1, 0.15) is 37.9 Å².